The van der Waals surface area contributed by atoms with Crippen molar-refractivity contribution >= 4 is 9.84 Å². The van der Waals surface area contributed by atoms with Crippen LogP contribution in [0.15, 0.2) is 12.7 Å². The number of sulfone groups is 1. The average Bonchev–Trinajstić information content (AvgIpc) is 1.96. The van der Waals surface area contributed by atoms with Gasteiger partial charge in [-0.1, -0.05) is 6.08 Å². The van der Waals surface area contributed by atoms with Crippen molar-refractivity contribution in [1.82, 2.24) is 5.32 Å². The fourth-order valence-electron chi connectivity index (χ4n) is 0.725. The first-order valence-electron chi connectivity index (χ1n) is 4.32. The Morgan fingerprint density at radius 1 is 1.46 bits per heavy atom. The Hall–Kier alpha value is -0.350. The second-order valence-corrected chi connectivity index (χ2v) is 6.44. The highest BCUT2D eigenvalue weighted by Crippen LogP contribution is 2.12. The van der Waals surface area contributed by atoms with Gasteiger partial charge in [0.25, 0.3) is 0 Å². The number of hydrogen-bond donors (Lipinski definition) is 1. The molecule has 0 aliphatic carbocycles. The molecule has 0 atom stereocenters. The van der Waals surface area contributed by atoms with E-state index in [-0.39, 0.29) is 0 Å². The third-order valence-electron chi connectivity index (χ3n) is 2.08. The standard InChI is InChI=1S/C9H19NO2S/c1-5-6-7-10-8-9(2,3)13(4,11)12/h5,10H,1,6-8H2,2-4H3. The smallest absolute Gasteiger partial charge is 0.153 e. The number of rotatable bonds is 6. The van der Waals surface area contributed by atoms with Crippen molar-refractivity contribution in [3.8, 4) is 0 Å². The van der Waals surface area contributed by atoms with Crippen LogP contribution in [-0.2, 0) is 9.84 Å². The van der Waals surface area contributed by atoms with Gasteiger partial charge in [-0.05, 0) is 26.8 Å². The van der Waals surface area contributed by atoms with Gasteiger partial charge >= 0.3 is 0 Å². The van der Waals surface area contributed by atoms with Crippen molar-refractivity contribution < 1.29 is 8.42 Å². The third-order valence-corrected chi connectivity index (χ3v) is 4.23. The van der Waals surface area contributed by atoms with Crippen molar-refractivity contribution in [3.05, 3.63) is 12.7 Å². The lowest BCUT2D eigenvalue weighted by atomic mass is 10.2. The normalized spacial score (nSPS) is 12.8. The SMILES string of the molecule is C=CCCNCC(C)(C)S(C)(=O)=O. The van der Waals surface area contributed by atoms with Gasteiger partial charge < -0.3 is 5.32 Å². The molecular weight excluding hydrogens is 186 g/mol. The summed E-state index contributed by atoms with van der Waals surface area (Å²) in [7, 11) is -2.98. The molecule has 0 aliphatic rings. The van der Waals surface area contributed by atoms with Crippen LogP contribution in [0.4, 0.5) is 0 Å². The minimum absolute atomic E-state index is 0.486. The van der Waals surface area contributed by atoms with E-state index in [1.165, 1.54) is 6.26 Å². The molecule has 0 aromatic heterocycles. The van der Waals surface area contributed by atoms with E-state index in [0.29, 0.717) is 6.54 Å². The molecule has 0 rings (SSSR count). The zero-order valence-electron chi connectivity index (χ0n) is 8.63. The number of hydrogen-bond acceptors (Lipinski definition) is 3. The molecule has 0 aromatic carbocycles. The van der Waals surface area contributed by atoms with Gasteiger partial charge in [0.2, 0.25) is 0 Å². The maximum atomic E-state index is 11.3. The molecule has 0 amide bonds. The van der Waals surface area contributed by atoms with E-state index in [1.54, 1.807) is 19.9 Å². The average molecular weight is 205 g/mol. The molecule has 1 N–H and O–H groups in total. The maximum Gasteiger partial charge on any atom is 0.153 e. The molecule has 0 saturated heterocycles. The Labute approximate surface area is 81.1 Å². The van der Waals surface area contributed by atoms with Crippen LogP contribution in [0.3, 0.4) is 0 Å². The van der Waals surface area contributed by atoms with Crippen molar-refractivity contribution in [2.24, 2.45) is 0 Å². The summed E-state index contributed by atoms with van der Waals surface area (Å²) in [5, 5.41) is 3.08. The number of nitrogens with one attached hydrogen (secondary N) is 1. The maximum absolute atomic E-state index is 11.3. The second-order valence-electron chi connectivity index (χ2n) is 3.79. The fourth-order valence-corrected chi connectivity index (χ4v) is 1.09. The monoisotopic (exact) mass is 205 g/mol. The lowest BCUT2D eigenvalue weighted by Gasteiger charge is -2.22. The molecule has 13 heavy (non-hydrogen) atoms. The lowest BCUT2D eigenvalue weighted by Crippen LogP contribution is -2.41. The summed E-state index contributed by atoms with van der Waals surface area (Å²) in [6, 6.07) is 0. The molecule has 0 aromatic rings. The minimum Gasteiger partial charge on any atom is -0.315 e. The van der Waals surface area contributed by atoms with Gasteiger partial charge in [0.1, 0.15) is 0 Å². The van der Waals surface area contributed by atoms with Crippen molar-refractivity contribution in [2.45, 2.75) is 25.0 Å². The first-order valence-corrected chi connectivity index (χ1v) is 6.21. The molecule has 0 heterocycles. The first-order chi connectivity index (χ1) is 5.81. The Kier molecular flexibility index (Phi) is 4.64. The third kappa shape index (κ3) is 4.43. The molecule has 0 aliphatic heterocycles. The van der Waals surface area contributed by atoms with Gasteiger partial charge in [-0.15, -0.1) is 6.58 Å². The van der Waals surface area contributed by atoms with E-state index in [4.69, 9.17) is 0 Å². The van der Waals surface area contributed by atoms with E-state index in [2.05, 4.69) is 11.9 Å². The van der Waals surface area contributed by atoms with Gasteiger partial charge in [-0.25, -0.2) is 8.42 Å². The summed E-state index contributed by atoms with van der Waals surface area (Å²) in [4.78, 5) is 0. The zero-order chi connectivity index (χ0) is 10.5. The van der Waals surface area contributed by atoms with Crippen LogP contribution in [0.1, 0.15) is 20.3 Å². The van der Waals surface area contributed by atoms with E-state index in [1.807, 2.05) is 0 Å². The summed E-state index contributed by atoms with van der Waals surface area (Å²) >= 11 is 0. The van der Waals surface area contributed by atoms with Gasteiger partial charge in [0, 0.05) is 12.8 Å². The van der Waals surface area contributed by atoms with Crippen LogP contribution in [0.25, 0.3) is 0 Å². The highest BCUT2D eigenvalue weighted by atomic mass is 32.2. The molecule has 0 saturated carbocycles. The van der Waals surface area contributed by atoms with Gasteiger partial charge in [0.15, 0.2) is 9.84 Å². The van der Waals surface area contributed by atoms with Crippen LogP contribution in [0, 0.1) is 0 Å². The van der Waals surface area contributed by atoms with E-state index >= 15 is 0 Å². The van der Waals surface area contributed by atoms with E-state index < -0.39 is 14.6 Å². The summed E-state index contributed by atoms with van der Waals surface area (Å²) < 4.78 is 21.8. The molecule has 0 spiro atoms. The second kappa shape index (κ2) is 4.77. The Bertz CT molecular complexity index is 255. The van der Waals surface area contributed by atoms with Crippen LogP contribution in [0.2, 0.25) is 0 Å². The molecule has 4 heteroatoms. The minimum atomic E-state index is -2.98. The Balaban J connectivity index is 3.98. The molecule has 0 bridgehead atoms. The molecule has 0 unspecified atom stereocenters. The van der Waals surface area contributed by atoms with Gasteiger partial charge in [-0.2, -0.15) is 0 Å². The molecular formula is C9H19NO2S. The van der Waals surface area contributed by atoms with Crippen molar-refractivity contribution in [2.75, 3.05) is 19.3 Å². The van der Waals surface area contributed by atoms with Crippen molar-refractivity contribution in [1.29, 1.82) is 0 Å². The highest BCUT2D eigenvalue weighted by Gasteiger charge is 2.29. The fraction of sp³-hybridized carbons (Fsp3) is 0.778. The van der Waals surface area contributed by atoms with E-state index in [9.17, 15) is 8.42 Å². The molecule has 0 radical (unpaired) electrons. The highest BCUT2D eigenvalue weighted by molar-refractivity contribution is 7.92. The predicted molar refractivity (Wildman–Crippen MR) is 56.6 cm³/mol. The predicted octanol–water partition coefficient (Wildman–Crippen LogP) is 0.975. The molecule has 78 valence electrons. The topological polar surface area (TPSA) is 46.2 Å². The molecule has 3 nitrogen and oxygen atoms in total. The van der Waals surface area contributed by atoms with Crippen LogP contribution < -0.4 is 5.32 Å². The Morgan fingerprint density at radius 2 is 2.00 bits per heavy atom. The van der Waals surface area contributed by atoms with Crippen molar-refractivity contribution in [3.63, 3.8) is 0 Å². The van der Waals surface area contributed by atoms with Gasteiger partial charge in [0.05, 0.1) is 4.75 Å². The quantitative estimate of drug-likeness (QED) is 0.519. The van der Waals surface area contributed by atoms with Crippen LogP contribution in [-0.4, -0.2) is 32.5 Å². The summed E-state index contributed by atoms with van der Waals surface area (Å²) in [6.45, 7) is 8.30. The largest absolute Gasteiger partial charge is 0.315 e. The van der Waals surface area contributed by atoms with Gasteiger partial charge in [-0.3, -0.25) is 0 Å². The molecule has 0 fully saturated rings. The van der Waals surface area contributed by atoms with Crippen LogP contribution in [0.5, 0.6) is 0 Å². The summed E-state index contributed by atoms with van der Waals surface area (Å²) in [5.41, 5.74) is 0. The lowest BCUT2D eigenvalue weighted by molar-refractivity contribution is 0.524. The first kappa shape index (κ1) is 12.7. The van der Waals surface area contributed by atoms with Crippen LogP contribution >= 0.6 is 0 Å². The summed E-state index contributed by atoms with van der Waals surface area (Å²) in [5.74, 6) is 0. The zero-order valence-corrected chi connectivity index (χ0v) is 9.45. The Morgan fingerprint density at radius 3 is 2.38 bits per heavy atom. The summed E-state index contributed by atoms with van der Waals surface area (Å²) in [6.07, 6.45) is 3.93. The van der Waals surface area contributed by atoms with E-state index in [0.717, 1.165) is 13.0 Å².